The van der Waals surface area contributed by atoms with Crippen LogP contribution in [0.1, 0.15) is 64.5 Å². The Morgan fingerprint density at radius 3 is 2.68 bits per heavy atom. The number of aryl methyl sites for hydroxylation is 1. The zero-order valence-electron chi connectivity index (χ0n) is 23.3. The lowest BCUT2D eigenvalue weighted by atomic mass is 9.97. The molecule has 5 heteroatoms. The molecule has 0 radical (unpaired) electrons. The summed E-state index contributed by atoms with van der Waals surface area (Å²) >= 11 is 0. The van der Waals surface area contributed by atoms with Crippen LogP contribution in [0, 0.1) is 18.7 Å². The number of piperidine rings is 1. The monoisotopic (exact) mass is 503 g/mol. The highest BCUT2D eigenvalue weighted by atomic mass is 19.1. The van der Waals surface area contributed by atoms with Crippen molar-refractivity contribution in [2.75, 3.05) is 24.0 Å². The number of nitrogens with zero attached hydrogens (tertiary/aromatic N) is 2. The number of halogens is 1. The van der Waals surface area contributed by atoms with Gasteiger partial charge >= 0.3 is 0 Å². The number of allylic oxidation sites excluding steroid dienone is 3. The van der Waals surface area contributed by atoms with E-state index in [1.54, 1.807) is 19.2 Å². The van der Waals surface area contributed by atoms with Crippen LogP contribution in [0.4, 0.5) is 15.8 Å². The first-order valence-corrected chi connectivity index (χ1v) is 13.3. The van der Waals surface area contributed by atoms with Crippen molar-refractivity contribution in [3.05, 3.63) is 95.2 Å². The van der Waals surface area contributed by atoms with E-state index in [4.69, 9.17) is 4.74 Å². The fourth-order valence-corrected chi connectivity index (χ4v) is 4.59. The van der Waals surface area contributed by atoms with E-state index in [-0.39, 0.29) is 5.82 Å². The highest BCUT2D eigenvalue weighted by Gasteiger charge is 2.20. The normalized spacial score (nSPS) is 17.2. The molecular weight excluding hydrogens is 461 g/mol. The maximum Gasteiger partial charge on any atom is 0.143 e. The Kier molecular flexibility index (Phi) is 10.0. The highest BCUT2D eigenvalue weighted by Crippen LogP contribution is 2.34. The SMILES string of the molecule is C=CN(/C=C(/C)C(C)CC)c1ccc(/C=C2\CCCN(Nc3cc(C)cc(F)c3)\C2=C\CC)cc1OC. The van der Waals surface area contributed by atoms with Crippen LogP contribution in [0.2, 0.25) is 0 Å². The van der Waals surface area contributed by atoms with Gasteiger partial charge in [-0.05, 0) is 98.6 Å². The van der Waals surface area contributed by atoms with Crippen molar-refractivity contribution in [3.63, 3.8) is 0 Å². The summed E-state index contributed by atoms with van der Waals surface area (Å²) < 4.78 is 19.8. The molecule has 0 bridgehead atoms. The van der Waals surface area contributed by atoms with Gasteiger partial charge in [-0.1, -0.05) is 45.1 Å². The average molecular weight is 504 g/mol. The second-order valence-corrected chi connectivity index (χ2v) is 9.75. The Hall–Kier alpha value is -3.47. The first kappa shape index (κ1) is 28.1. The summed E-state index contributed by atoms with van der Waals surface area (Å²) in [5.41, 5.74) is 10.8. The number of benzene rings is 2. The van der Waals surface area contributed by atoms with E-state index in [9.17, 15) is 4.39 Å². The number of hydrogen-bond acceptors (Lipinski definition) is 4. The van der Waals surface area contributed by atoms with Gasteiger partial charge in [0.15, 0.2) is 0 Å². The van der Waals surface area contributed by atoms with Gasteiger partial charge in [-0.2, -0.15) is 0 Å². The molecule has 0 saturated carbocycles. The fourth-order valence-electron chi connectivity index (χ4n) is 4.59. The van der Waals surface area contributed by atoms with Gasteiger partial charge in [-0.3, -0.25) is 10.4 Å². The first-order chi connectivity index (χ1) is 17.8. The third-order valence-electron chi connectivity index (χ3n) is 6.90. The third kappa shape index (κ3) is 7.28. The molecule has 0 spiro atoms. The summed E-state index contributed by atoms with van der Waals surface area (Å²) in [6.07, 6.45) is 12.4. The molecule has 1 aliphatic heterocycles. The first-order valence-electron chi connectivity index (χ1n) is 13.3. The summed E-state index contributed by atoms with van der Waals surface area (Å²) in [5, 5.41) is 2.14. The molecule has 1 aliphatic rings. The van der Waals surface area contributed by atoms with Crippen LogP contribution in [0.3, 0.4) is 0 Å². The minimum Gasteiger partial charge on any atom is -0.495 e. The number of methoxy groups -OCH3 is 1. The van der Waals surface area contributed by atoms with Gasteiger partial charge in [0.05, 0.1) is 24.2 Å². The molecule has 1 saturated heterocycles. The van der Waals surface area contributed by atoms with Crippen molar-refractivity contribution in [2.45, 2.75) is 60.3 Å². The Morgan fingerprint density at radius 1 is 1.24 bits per heavy atom. The lowest BCUT2D eigenvalue weighted by Gasteiger charge is -2.34. The number of rotatable bonds is 10. The lowest BCUT2D eigenvalue weighted by Crippen LogP contribution is -2.34. The zero-order valence-corrected chi connectivity index (χ0v) is 23.3. The molecular formula is C32H42FN3O. The largest absolute Gasteiger partial charge is 0.495 e. The molecule has 1 atom stereocenters. The quantitative estimate of drug-likeness (QED) is 0.350. The van der Waals surface area contributed by atoms with Crippen molar-refractivity contribution >= 4 is 17.5 Å². The Bertz CT molecular complexity index is 1160. The van der Waals surface area contributed by atoms with Gasteiger partial charge in [0.25, 0.3) is 0 Å². The molecule has 2 aromatic carbocycles. The highest BCUT2D eigenvalue weighted by molar-refractivity contribution is 5.69. The van der Waals surface area contributed by atoms with E-state index in [1.807, 2.05) is 24.1 Å². The predicted octanol–water partition coefficient (Wildman–Crippen LogP) is 8.84. The molecule has 0 amide bonds. The molecule has 3 rings (SSSR count). The average Bonchev–Trinajstić information content (AvgIpc) is 2.88. The number of anilines is 2. The van der Waals surface area contributed by atoms with Crippen LogP contribution in [0.5, 0.6) is 5.75 Å². The summed E-state index contributed by atoms with van der Waals surface area (Å²) in [7, 11) is 1.71. The minimum absolute atomic E-state index is 0.230. The van der Waals surface area contributed by atoms with Gasteiger partial charge in [0.2, 0.25) is 0 Å². The van der Waals surface area contributed by atoms with Crippen molar-refractivity contribution in [1.82, 2.24) is 5.01 Å². The van der Waals surface area contributed by atoms with Crippen molar-refractivity contribution in [1.29, 1.82) is 0 Å². The van der Waals surface area contributed by atoms with E-state index in [0.717, 1.165) is 66.2 Å². The second-order valence-electron chi connectivity index (χ2n) is 9.75. The smallest absolute Gasteiger partial charge is 0.143 e. The standard InChI is InChI=1S/C32H42FN3O/c1-8-12-30-27(13-11-16-36(30)34-29-18-23(4)17-28(33)21-29)19-26-14-15-31(32(20-26)37-7)35(10-3)22-25(6)24(5)9-2/h10,12,14-15,17-22,24,34H,3,8-9,11,13,16H2,1-2,4-7H3/b25-22-,27-19+,30-12+. The number of ether oxygens (including phenoxy) is 1. The lowest BCUT2D eigenvalue weighted by molar-refractivity contribution is 0.377. The van der Waals surface area contributed by atoms with E-state index in [0.29, 0.717) is 5.92 Å². The summed E-state index contributed by atoms with van der Waals surface area (Å²) in [5.74, 6) is 1.07. The Balaban J connectivity index is 1.92. The van der Waals surface area contributed by atoms with Gasteiger partial charge in [0, 0.05) is 18.9 Å². The van der Waals surface area contributed by atoms with Gasteiger partial charge in [-0.25, -0.2) is 4.39 Å². The molecule has 0 aromatic heterocycles. The molecule has 37 heavy (non-hydrogen) atoms. The molecule has 1 N–H and O–H groups in total. The van der Waals surface area contributed by atoms with Crippen molar-refractivity contribution < 1.29 is 9.13 Å². The summed E-state index contributed by atoms with van der Waals surface area (Å²) in [4.78, 5) is 2.03. The maximum atomic E-state index is 14.0. The summed E-state index contributed by atoms with van der Waals surface area (Å²) in [6, 6.07) is 11.3. The van der Waals surface area contributed by atoms with Crippen LogP contribution in [-0.4, -0.2) is 18.7 Å². The number of hydrogen-bond donors (Lipinski definition) is 1. The molecule has 1 unspecified atom stereocenters. The number of hydrazine groups is 1. The van der Waals surface area contributed by atoms with E-state index < -0.39 is 0 Å². The topological polar surface area (TPSA) is 27.7 Å². The molecule has 0 aliphatic carbocycles. The predicted molar refractivity (Wildman–Crippen MR) is 156 cm³/mol. The van der Waals surface area contributed by atoms with Crippen LogP contribution in [0.25, 0.3) is 6.08 Å². The maximum absolute atomic E-state index is 14.0. The van der Waals surface area contributed by atoms with Gasteiger partial charge in [-0.15, -0.1) is 0 Å². The third-order valence-corrected chi connectivity index (χ3v) is 6.90. The molecule has 2 aromatic rings. The van der Waals surface area contributed by atoms with E-state index in [2.05, 4.69) is 81.3 Å². The van der Waals surface area contributed by atoms with E-state index >= 15 is 0 Å². The van der Waals surface area contributed by atoms with Crippen LogP contribution in [0.15, 0.2) is 78.3 Å². The van der Waals surface area contributed by atoms with Crippen LogP contribution >= 0.6 is 0 Å². The van der Waals surface area contributed by atoms with Gasteiger partial charge in [0.1, 0.15) is 11.6 Å². The molecule has 198 valence electrons. The molecule has 4 nitrogen and oxygen atoms in total. The minimum atomic E-state index is -0.230. The Labute approximate surface area is 222 Å². The van der Waals surface area contributed by atoms with Crippen LogP contribution < -0.4 is 15.1 Å². The van der Waals surface area contributed by atoms with Crippen molar-refractivity contribution in [3.8, 4) is 5.75 Å². The van der Waals surface area contributed by atoms with Gasteiger partial charge < -0.3 is 9.64 Å². The molecule has 1 fully saturated rings. The fraction of sp³-hybridized carbons (Fsp3) is 0.375. The van der Waals surface area contributed by atoms with E-state index in [1.165, 1.54) is 11.1 Å². The van der Waals surface area contributed by atoms with Crippen molar-refractivity contribution in [2.24, 2.45) is 5.92 Å². The second kappa shape index (κ2) is 13.2. The summed E-state index contributed by atoms with van der Waals surface area (Å²) in [6.45, 7) is 15.5. The zero-order chi connectivity index (χ0) is 26.9. The Morgan fingerprint density at radius 2 is 2.03 bits per heavy atom. The number of nitrogens with one attached hydrogen (secondary N) is 1. The molecule has 1 heterocycles. The van der Waals surface area contributed by atoms with Crippen LogP contribution in [-0.2, 0) is 0 Å².